The van der Waals surface area contributed by atoms with Gasteiger partial charge < -0.3 is 21.3 Å². The van der Waals surface area contributed by atoms with E-state index in [-0.39, 0.29) is 35.5 Å². The first-order valence-electron chi connectivity index (χ1n) is 16.0. The summed E-state index contributed by atoms with van der Waals surface area (Å²) in [5.41, 5.74) is 1.10. The molecule has 8 heteroatoms. The maximum Gasteiger partial charge on any atom is 0.251 e. The second kappa shape index (κ2) is 20.3. The highest BCUT2D eigenvalue weighted by atomic mass is 16.2. The van der Waals surface area contributed by atoms with Crippen molar-refractivity contribution in [2.75, 3.05) is 13.1 Å². The molecule has 0 aliphatic rings. The molecule has 0 saturated heterocycles. The highest BCUT2D eigenvalue weighted by molar-refractivity contribution is 5.98. The zero-order valence-electron chi connectivity index (χ0n) is 26.5. The molecule has 0 aliphatic heterocycles. The number of nitrogens with one attached hydrogen (secondary N) is 4. The minimum absolute atomic E-state index is 0.00602. The SMILES string of the molecule is CC(C)[C@H](NC(=O)c1ccccc1)C(=O)NCCCCCCCCCCCNC(=O)[C@@H](NC(=O)c1ccccc1)C(C)C. The smallest absolute Gasteiger partial charge is 0.251 e. The molecule has 0 spiro atoms. The number of carbonyl (C=O) groups excluding carboxylic acids is 4. The summed E-state index contributed by atoms with van der Waals surface area (Å²) < 4.78 is 0. The fraction of sp³-hybridized carbons (Fsp3) is 0.543. The monoisotopic (exact) mass is 592 g/mol. The van der Waals surface area contributed by atoms with Crippen LogP contribution >= 0.6 is 0 Å². The van der Waals surface area contributed by atoms with Crippen molar-refractivity contribution in [3.05, 3.63) is 71.8 Å². The lowest BCUT2D eigenvalue weighted by atomic mass is 10.0. The maximum absolute atomic E-state index is 12.7. The van der Waals surface area contributed by atoms with Gasteiger partial charge in [0.05, 0.1) is 0 Å². The molecule has 2 rings (SSSR count). The van der Waals surface area contributed by atoms with Crippen molar-refractivity contribution in [1.82, 2.24) is 21.3 Å². The van der Waals surface area contributed by atoms with E-state index in [1.54, 1.807) is 24.3 Å². The van der Waals surface area contributed by atoms with Crippen LogP contribution in [0.15, 0.2) is 60.7 Å². The van der Waals surface area contributed by atoms with Crippen molar-refractivity contribution in [2.24, 2.45) is 11.8 Å². The lowest BCUT2D eigenvalue weighted by Gasteiger charge is -2.21. The molecule has 0 aromatic heterocycles. The first-order valence-corrected chi connectivity index (χ1v) is 16.0. The van der Waals surface area contributed by atoms with Gasteiger partial charge in [-0.05, 0) is 48.9 Å². The van der Waals surface area contributed by atoms with Crippen molar-refractivity contribution in [2.45, 2.75) is 97.6 Å². The van der Waals surface area contributed by atoms with Crippen molar-refractivity contribution >= 4 is 23.6 Å². The summed E-state index contributed by atoms with van der Waals surface area (Å²) in [4.78, 5) is 50.3. The van der Waals surface area contributed by atoms with E-state index in [0.717, 1.165) is 38.5 Å². The number of amides is 4. The second-order valence-corrected chi connectivity index (χ2v) is 11.9. The van der Waals surface area contributed by atoms with Crippen molar-refractivity contribution in [1.29, 1.82) is 0 Å². The van der Waals surface area contributed by atoms with Crippen LogP contribution in [0.4, 0.5) is 0 Å². The number of unbranched alkanes of at least 4 members (excludes halogenated alkanes) is 8. The number of rotatable bonds is 20. The molecule has 0 heterocycles. The number of benzene rings is 2. The molecule has 8 nitrogen and oxygen atoms in total. The van der Waals surface area contributed by atoms with Crippen LogP contribution in [0, 0.1) is 11.8 Å². The van der Waals surface area contributed by atoms with Crippen LogP contribution in [0.5, 0.6) is 0 Å². The summed E-state index contributed by atoms with van der Waals surface area (Å²) in [5, 5.41) is 11.7. The molecule has 0 fully saturated rings. The van der Waals surface area contributed by atoms with E-state index >= 15 is 0 Å². The van der Waals surface area contributed by atoms with E-state index in [4.69, 9.17) is 0 Å². The van der Waals surface area contributed by atoms with Crippen LogP contribution in [-0.4, -0.2) is 48.8 Å². The summed E-state index contributed by atoms with van der Waals surface area (Å²) in [6.45, 7) is 8.96. The Morgan fingerprint density at radius 3 is 1.09 bits per heavy atom. The molecule has 4 amide bonds. The molecule has 2 aromatic rings. The second-order valence-electron chi connectivity index (χ2n) is 11.9. The predicted molar refractivity (Wildman–Crippen MR) is 173 cm³/mol. The first-order chi connectivity index (χ1) is 20.7. The Morgan fingerprint density at radius 1 is 0.488 bits per heavy atom. The molecule has 43 heavy (non-hydrogen) atoms. The Bertz CT molecular complexity index is 1020. The van der Waals surface area contributed by atoms with Crippen LogP contribution < -0.4 is 21.3 Å². The number of hydrogen-bond donors (Lipinski definition) is 4. The van der Waals surface area contributed by atoms with Gasteiger partial charge in [0.1, 0.15) is 12.1 Å². The van der Waals surface area contributed by atoms with Gasteiger partial charge in [-0.15, -0.1) is 0 Å². The molecule has 0 saturated carbocycles. The normalized spacial score (nSPS) is 12.4. The Morgan fingerprint density at radius 2 is 0.791 bits per heavy atom. The van der Waals surface area contributed by atoms with E-state index in [1.807, 2.05) is 64.1 Å². The predicted octanol–water partition coefficient (Wildman–Crippen LogP) is 5.64. The van der Waals surface area contributed by atoms with Gasteiger partial charge in [0.2, 0.25) is 11.8 Å². The minimum atomic E-state index is -0.557. The van der Waals surface area contributed by atoms with Gasteiger partial charge in [0.15, 0.2) is 0 Å². The first kappa shape index (κ1) is 35.5. The summed E-state index contributed by atoms with van der Waals surface area (Å²) in [7, 11) is 0. The van der Waals surface area contributed by atoms with Crippen molar-refractivity contribution < 1.29 is 19.2 Å². The molecule has 2 aromatic carbocycles. The summed E-state index contributed by atoms with van der Waals surface area (Å²) in [6, 6.07) is 16.8. The Balaban J connectivity index is 1.49. The third-order valence-corrected chi connectivity index (χ3v) is 7.50. The molecule has 0 radical (unpaired) electrons. The number of hydrogen-bond acceptors (Lipinski definition) is 4. The third-order valence-electron chi connectivity index (χ3n) is 7.50. The third kappa shape index (κ3) is 13.9. The Hall–Kier alpha value is -3.68. The van der Waals surface area contributed by atoms with Gasteiger partial charge in [0.25, 0.3) is 11.8 Å². The van der Waals surface area contributed by atoms with Crippen LogP contribution in [-0.2, 0) is 9.59 Å². The van der Waals surface area contributed by atoms with E-state index < -0.39 is 12.1 Å². The van der Waals surface area contributed by atoms with Crippen molar-refractivity contribution in [3.8, 4) is 0 Å². The van der Waals surface area contributed by atoms with Gasteiger partial charge in [-0.25, -0.2) is 0 Å². The van der Waals surface area contributed by atoms with Crippen LogP contribution in [0.3, 0.4) is 0 Å². The van der Waals surface area contributed by atoms with Gasteiger partial charge in [0, 0.05) is 24.2 Å². The average Bonchev–Trinajstić information content (AvgIpc) is 3.00. The van der Waals surface area contributed by atoms with Gasteiger partial charge in [-0.3, -0.25) is 19.2 Å². The Labute approximate surface area is 258 Å². The fourth-order valence-electron chi connectivity index (χ4n) is 4.83. The lowest BCUT2D eigenvalue weighted by Crippen LogP contribution is -2.49. The highest BCUT2D eigenvalue weighted by Gasteiger charge is 2.25. The molecule has 4 N–H and O–H groups in total. The van der Waals surface area contributed by atoms with Gasteiger partial charge >= 0.3 is 0 Å². The fourth-order valence-corrected chi connectivity index (χ4v) is 4.83. The zero-order valence-corrected chi connectivity index (χ0v) is 26.5. The van der Waals surface area contributed by atoms with Gasteiger partial charge in [-0.1, -0.05) is 109 Å². The summed E-state index contributed by atoms with van der Waals surface area (Å²) in [5.74, 6) is -0.742. The van der Waals surface area contributed by atoms with Crippen molar-refractivity contribution in [3.63, 3.8) is 0 Å². The van der Waals surface area contributed by atoms with Gasteiger partial charge in [-0.2, -0.15) is 0 Å². The zero-order chi connectivity index (χ0) is 31.5. The minimum Gasteiger partial charge on any atom is -0.354 e. The molecular formula is C35H52N4O4. The van der Waals surface area contributed by atoms with Crippen LogP contribution in [0.25, 0.3) is 0 Å². The molecule has 0 aliphatic carbocycles. The van der Waals surface area contributed by atoms with E-state index in [1.165, 1.54) is 19.3 Å². The van der Waals surface area contributed by atoms with E-state index in [2.05, 4.69) is 21.3 Å². The largest absolute Gasteiger partial charge is 0.354 e. The lowest BCUT2D eigenvalue weighted by molar-refractivity contribution is -0.124. The molecular weight excluding hydrogens is 540 g/mol. The quantitative estimate of drug-likeness (QED) is 0.149. The summed E-state index contributed by atoms with van der Waals surface area (Å²) in [6.07, 6.45) is 9.76. The maximum atomic E-state index is 12.7. The topological polar surface area (TPSA) is 116 Å². The van der Waals surface area contributed by atoms with Crippen LogP contribution in [0.1, 0.15) is 106 Å². The Kier molecular flexibility index (Phi) is 16.7. The molecule has 0 bridgehead atoms. The van der Waals surface area contributed by atoms with E-state index in [9.17, 15) is 19.2 Å². The molecule has 0 unspecified atom stereocenters. The average molecular weight is 593 g/mol. The highest BCUT2D eigenvalue weighted by Crippen LogP contribution is 2.11. The van der Waals surface area contributed by atoms with E-state index in [0.29, 0.717) is 24.2 Å². The number of carbonyl (C=O) groups is 4. The summed E-state index contributed by atoms with van der Waals surface area (Å²) >= 11 is 0. The molecule has 236 valence electrons. The standard InChI is InChI=1S/C35H52N4O4/c1-26(2)30(38-32(40)28-20-14-12-15-21-28)34(42)36-24-18-10-8-6-5-7-9-11-19-25-37-35(43)31(27(3)4)39-33(41)29-22-16-13-17-23-29/h12-17,20-23,26-27,30-31H,5-11,18-19,24-25H2,1-4H3,(H,36,42)(H,37,43)(H,38,40)(H,39,41)/t30-,31-/m0/s1. The van der Waals surface area contributed by atoms with Crippen LogP contribution in [0.2, 0.25) is 0 Å². The molecule has 2 atom stereocenters.